The summed E-state index contributed by atoms with van der Waals surface area (Å²) < 4.78 is 0. The van der Waals surface area contributed by atoms with Gasteiger partial charge in [-0.1, -0.05) is 48.7 Å². The first-order valence-corrected chi connectivity index (χ1v) is 8.74. The molecule has 2 aromatic rings. The van der Waals surface area contributed by atoms with Gasteiger partial charge in [0.15, 0.2) is 0 Å². The van der Waals surface area contributed by atoms with Crippen molar-refractivity contribution in [3.8, 4) is 0 Å². The molecule has 0 fully saturated rings. The molecule has 0 radical (unpaired) electrons. The van der Waals surface area contributed by atoms with Gasteiger partial charge in [0.25, 0.3) is 0 Å². The molecule has 0 saturated heterocycles. The van der Waals surface area contributed by atoms with Crippen molar-refractivity contribution in [2.75, 3.05) is 0 Å². The third-order valence-electron chi connectivity index (χ3n) is 4.66. The number of carbonyl (C=O) groups is 1. The Balaban J connectivity index is 2.14. The van der Waals surface area contributed by atoms with E-state index < -0.39 is 5.97 Å². The number of benzene rings is 2. The third kappa shape index (κ3) is 3.11. The SMILES string of the molecule is CCCc1ccc(C2=C(C)CCc3ccc(C(=O)O)cc32)c(Cl)c1. The van der Waals surface area contributed by atoms with Crippen LogP contribution in [0.2, 0.25) is 5.02 Å². The van der Waals surface area contributed by atoms with Gasteiger partial charge in [-0.05, 0) is 66.6 Å². The van der Waals surface area contributed by atoms with Crippen molar-refractivity contribution in [1.82, 2.24) is 0 Å². The van der Waals surface area contributed by atoms with Crippen LogP contribution in [0.4, 0.5) is 0 Å². The summed E-state index contributed by atoms with van der Waals surface area (Å²) in [4.78, 5) is 11.4. The van der Waals surface area contributed by atoms with Gasteiger partial charge < -0.3 is 5.11 Å². The highest BCUT2D eigenvalue weighted by molar-refractivity contribution is 6.32. The maximum atomic E-state index is 11.4. The number of hydrogen-bond donors (Lipinski definition) is 1. The van der Waals surface area contributed by atoms with E-state index in [1.54, 1.807) is 12.1 Å². The number of aryl methyl sites for hydroxylation is 2. The summed E-state index contributed by atoms with van der Waals surface area (Å²) in [5, 5.41) is 10.1. The summed E-state index contributed by atoms with van der Waals surface area (Å²) in [6.45, 7) is 4.27. The molecule has 0 aromatic heterocycles. The van der Waals surface area contributed by atoms with Gasteiger partial charge >= 0.3 is 5.97 Å². The molecular formula is C21H21ClO2. The molecule has 0 saturated carbocycles. The molecule has 24 heavy (non-hydrogen) atoms. The van der Waals surface area contributed by atoms with Crippen LogP contribution in [0.5, 0.6) is 0 Å². The molecule has 3 rings (SSSR count). The molecule has 0 atom stereocenters. The van der Waals surface area contributed by atoms with Gasteiger partial charge in [0.05, 0.1) is 5.56 Å². The molecule has 0 amide bonds. The molecule has 2 nitrogen and oxygen atoms in total. The first kappa shape index (κ1) is 16.8. The van der Waals surface area contributed by atoms with Crippen LogP contribution in [-0.4, -0.2) is 11.1 Å². The Hall–Kier alpha value is -2.06. The first-order valence-electron chi connectivity index (χ1n) is 8.36. The molecule has 124 valence electrons. The number of carboxylic acid groups (broad SMARTS) is 1. The van der Waals surface area contributed by atoms with Crippen LogP contribution < -0.4 is 0 Å². The first-order chi connectivity index (χ1) is 11.5. The minimum atomic E-state index is -0.898. The molecule has 0 spiro atoms. The predicted octanol–water partition coefficient (Wildman–Crippen LogP) is 5.76. The maximum Gasteiger partial charge on any atom is 0.335 e. The van der Waals surface area contributed by atoms with Crippen LogP contribution >= 0.6 is 11.6 Å². The van der Waals surface area contributed by atoms with Crippen molar-refractivity contribution in [1.29, 1.82) is 0 Å². The zero-order valence-corrected chi connectivity index (χ0v) is 14.8. The van der Waals surface area contributed by atoms with Gasteiger partial charge in [-0.15, -0.1) is 0 Å². The summed E-state index contributed by atoms with van der Waals surface area (Å²) in [5.74, 6) is -0.898. The summed E-state index contributed by atoms with van der Waals surface area (Å²) in [6, 6.07) is 11.6. The van der Waals surface area contributed by atoms with E-state index in [0.29, 0.717) is 5.56 Å². The number of halogens is 1. The summed E-state index contributed by atoms with van der Waals surface area (Å²) in [7, 11) is 0. The van der Waals surface area contributed by atoms with E-state index in [2.05, 4.69) is 26.0 Å². The predicted molar refractivity (Wildman–Crippen MR) is 98.9 cm³/mol. The Kier molecular flexibility index (Phi) is 4.77. The van der Waals surface area contributed by atoms with Crippen LogP contribution in [-0.2, 0) is 12.8 Å². The van der Waals surface area contributed by atoms with Crippen molar-refractivity contribution in [2.24, 2.45) is 0 Å². The highest BCUT2D eigenvalue weighted by Gasteiger charge is 2.21. The maximum absolute atomic E-state index is 11.4. The molecule has 2 aromatic carbocycles. The molecule has 0 heterocycles. The van der Waals surface area contributed by atoms with Crippen molar-refractivity contribution in [3.05, 3.63) is 74.8 Å². The van der Waals surface area contributed by atoms with Crippen LogP contribution in [0.1, 0.15) is 59.3 Å². The Morgan fingerprint density at radius 2 is 1.92 bits per heavy atom. The summed E-state index contributed by atoms with van der Waals surface area (Å²) >= 11 is 6.58. The fourth-order valence-corrected chi connectivity index (χ4v) is 3.72. The van der Waals surface area contributed by atoms with Gasteiger partial charge in [-0.3, -0.25) is 0 Å². The summed E-state index contributed by atoms with van der Waals surface area (Å²) in [5.41, 5.74) is 7.10. The smallest absolute Gasteiger partial charge is 0.335 e. The second-order valence-electron chi connectivity index (χ2n) is 6.40. The van der Waals surface area contributed by atoms with E-state index >= 15 is 0 Å². The van der Waals surface area contributed by atoms with E-state index in [1.807, 2.05) is 12.1 Å². The van der Waals surface area contributed by atoms with Crippen molar-refractivity contribution >= 4 is 23.1 Å². The lowest BCUT2D eigenvalue weighted by molar-refractivity contribution is 0.0697. The Bertz CT molecular complexity index is 834. The Labute approximate surface area is 147 Å². The van der Waals surface area contributed by atoms with Crippen LogP contribution in [0.3, 0.4) is 0 Å². The molecule has 3 heteroatoms. The number of carboxylic acids is 1. The number of rotatable bonds is 4. The fourth-order valence-electron chi connectivity index (χ4n) is 3.42. The van der Waals surface area contributed by atoms with Crippen LogP contribution in [0.25, 0.3) is 5.57 Å². The van der Waals surface area contributed by atoms with Crippen molar-refractivity contribution in [3.63, 3.8) is 0 Å². The molecule has 1 N–H and O–H groups in total. The van der Waals surface area contributed by atoms with E-state index in [9.17, 15) is 9.90 Å². The highest BCUT2D eigenvalue weighted by atomic mass is 35.5. The van der Waals surface area contributed by atoms with Gasteiger partial charge in [0.2, 0.25) is 0 Å². The molecule has 0 bridgehead atoms. The van der Waals surface area contributed by atoms with Gasteiger partial charge in [0, 0.05) is 10.6 Å². The van der Waals surface area contributed by atoms with Crippen LogP contribution in [0.15, 0.2) is 42.0 Å². The summed E-state index contributed by atoms with van der Waals surface area (Å²) in [6.07, 6.45) is 4.01. The zero-order chi connectivity index (χ0) is 17.3. The fraction of sp³-hybridized carbons (Fsp3) is 0.286. The third-order valence-corrected chi connectivity index (χ3v) is 4.98. The van der Waals surface area contributed by atoms with E-state index in [1.165, 1.54) is 16.7 Å². The second-order valence-corrected chi connectivity index (χ2v) is 6.80. The minimum Gasteiger partial charge on any atom is -0.478 e. The van der Waals surface area contributed by atoms with Crippen LogP contribution in [0, 0.1) is 0 Å². The Morgan fingerprint density at radius 3 is 2.58 bits per heavy atom. The lowest BCUT2D eigenvalue weighted by atomic mass is 9.82. The van der Waals surface area contributed by atoms with Crippen molar-refractivity contribution in [2.45, 2.75) is 39.5 Å². The van der Waals surface area contributed by atoms with E-state index in [-0.39, 0.29) is 0 Å². The standard InChI is InChI=1S/C21H21ClO2/c1-3-4-14-6-10-17(19(22)11-14)20-13(2)5-7-15-8-9-16(21(23)24)12-18(15)20/h6,8-12H,3-5,7H2,1-2H3,(H,23,24). The number of allylic oxidation sites excluding steroid dienone is 1. The lowest BCUT2D eigenvalue weighted by Gasteiger charge is -2.23. The monoisotopic (exact) mass is 340 g/mol. The largest absolute Gasteiger partial charge is 0.478 e. The van der Waals surface area contributed by atoms with Crippen molar-refractivity contribution < 1.29 is 9.90 Å². The molecule has 1 aliphatic rings. The van der Waals surface area contributed by atoms with Gasteiger partial charge in [-0.2, -0.15) is 0 Å². The molecule has 0 unspecified atom stereocenters. The Morgan fingerprint density at radius 1 is 1.12 bits per heavy atom. The number of fused-ring (bicyclic) bond motifs is 1. The van der Waals surface area contributed by atoms with E-state index in [4.69, 9.17) is 11.6 Å². The number of aromatic carboxylic acids is 1. The average molecular weight is 341 g/mol. The topological polar surface area (TPSA) is 37.3 Å². The normalized spacial score (nSPS) is 13.8. The molecule has 0 aliphatic heterocycles. The van der Waals surface area contributed by atoms with Gasteiger partial charge in [0.1, 0.15) is 0 Å². The zero-order valence-electron chi connectivity index (χ0n) is 14.0. The lowest BCUT2D eigenvalue weighted by Crippen LogP contribution is -2.08. The minimum absolute atomic E-state index is 0.319. The van der Waals surface area contributed by atoms with Gasteiger partial charge in [-0.25, -0.2) is 4.79 Å². The number of hydrogen-bond acceptors (Lipinski definition) is 1. The molecule has 1 aliphatic carbocycles. The average Bonchev–Trinajstić information content (AvgIpc) is 2.55. The van der Waals surface area contributed by atoms with E-state index in [0.717, 1.165) is 47.4 Å². The quantitative estimate of drug-likeness (QED) is 0.768. The molecular weight excluding hydrogens is 320 g/mol. The highest BCUT2D eigenvalue weighted by Crippen LogP contribution is 2.39. The second kappa shape index (κ2) is 6.82.